The third-order valence-corrected chi connectivity index (χ3v) is 4.72. The van der Waals surface area contributed by atoms with Crippen LogP contribution in [-0.2, 0) is 4.79 Å². The number of hydrogen-bond donors (Lipinski definition) is 0. The summed E-state index contributed by atoms with van der Waals surface area (Å²) in [6.07, 6.45) is -0.697. The number of hydrogen-bond acceptors (Lipinski definition) is 6. The number of carbonyl (C=O) groups excluding carboxylic acids is 1. The molecule has 0 N–H and O–H groups in total. The first-order valence-electron chi connectivity index (χ1n) is 9.03. The molecule has 28 heavy (non-hydrogen) atoms. The third kappa shape index (κ3) is 3.21. The molecule has 0 saturated heterocycles. The van der Waals surface area contributed by atoms with E-state index in [1.807, 2.05) is 36.2 Å². The minimum Gasteiger partial charge on any atom is -0.481 e. The van der Waals surface area contributed by atoms with E-state index in [0.29, 0.717) is 36.0 Å². The second-order valence-electron chi connectivity index (χ2n) is 6.67. The molecule has 1 atom stereocenters. The van der Waals surface area contributed by atoms with E-state index in [4.69, 9.17) is 15.0 Å². The Morgan fingerprint density at radius 2 is 1.71 bits per heavy atom. The van der Waals surface area contributed by atoms with Gasteiger partial charge in [-0.1, -0.05) is 12.1 Å². The summed E-state index contributed by atoms with van der Waals surface area (Å²) in [5.74, 6) is 1.60. The third-order valence-electron chi connectivity index (χ3n) is 4.72. The molecule has 0 saturated carbocycles. The zero-order chi connectivity index (χ0) is 19.7. The quantitative estimate of drug-likeness (QED) is 0.702. The van der Waals surface area contributed by atoms with E-state index in [0.717, 1.165) is 11.0 Å². The molecular formula is C21H19N5O2. The molecule has 1 aromatic heterocycles. The first-order valence-corrected chi connectivity index (χ1v) is 9.03. The summed E-state index contributed by atoms with van der Waals surface area (Å²) in [4.78, 5) is 26.1. The highest BCUT2D eigenvalue weighted by molar-refractivity contribution is 5.99. The van der Waals surface area contributed by atoms with Crippen LogP contribution in [0, 0.1) is 11.3 Å². The number of fused-ring (bicyclic) bond motifs is 2. The van der Waals surface area contributed by atoms with Crippen molar-refractivity contribution in [3.8, 4) is 11.8 Å². The molecule has 1 aliphatic rings. The van der Waals surface area contributed by atoms with Crippen LogP contribution in [0.2, 0.25) is 0 Å². The van der Waals surface area contributed by atoms with E-state index >= 15 is 0 Å². The molecule has 0 bridgehead atoms. The fourth-order valence-corrected chi connectivity index (χ4v) is 3.18. The largest absolute Gasteiger partial charge is 0.481 e. The summed E-state index contributed by atoms with van der Waals surface area (Å²) in [6, 6.07) is 16.4. The minimum atomic E-state index is -0.697. The van der Waals surface area contributed by atoms with Crippen LogP contribution in [0.3, 0.4) is 0 Å². The number of nitriles is 1. The van der Waals surface area contributed by atoms with E-state index in [-0.39, 0.29) is 5.91 Å². The molecule has 3 aromatic rings. The Balaban J connectivity index is 1.62. The normalized spacial score (nSPS) is 14.3. The number of benzene rings is 2. The number of para-hydroxylation sites is 2. The highest BCUT2D eigenvalue weighted by Gasteiger charge is 2.31. The van der Waals surface area contributed by atoms with Gasteiger partial charge in [0.05, 0.1) is 22.7 Å². The van der Waals surface area contributed by atoms with Crippen molar-refractivity contribution in [2.24, 2.45) is 0 Å². The highest BCUT2D eigenvalue weighted by Crippen LogP contribution is 2.31. The summed E-state index contributed by atoms with van der Waals surface area (Å²) >= 11 is 0. The van der Waals surface area contributed by atoms with Crippen molar-refractivity contribution in [1.29, 1.82) is 5.26 Å². The molecule has 7 nitrogen and oxygen atoms in total. The van der Waals surface area contributed by atoms with Gasteiger partial charge in [0.15, 0.2) is 17.7 Å². The molecule has 0 radical (unpaired) electrons. The fraction of sp³-hybridized carbons (Fsp3) is 0.238. The molecule has 1 unspecified atom stereocenters. The van der Waals surface area contributed by atoms with Gasteiger partial charge in [-0.25, -0.2) is 9.97 Å². The van der Waals surface area contributed by atoms with Gasteiger partial charge in [0.1, 0.15) is 5.75 Å². The summed E-state index contributed by atoms with van der Waals surface area (Å²) in [7, 11) is 1.95. The lowest BCUT2D eigenvalue weighted by molar-refractivity contribution is -0.124. The number of nitrogens with zero attached hydrogens (tertiary/aromatic N) is 5. The monoisotopic (exact) mass is 373 g/mol. The molecule has 2 heterocycles. The number of amides is 1. The molecule has 0 fully saturated rings. The molecule has 0 spiro atoms. The second-order valence-corrected chi connectivity index (χ2v) is 6.67. The summed E-state index contributed by atoms with van der Waals surface area (Å²) in [5, 5.41) is 8.89. The van der Waals surface area contributed by atoms with E-state index in [9.17, 15) is 4.79 Å². The molecule has 1 aliphatic heterocycles. The zero-order valence-corrected chi connectivity index (χ0v) is 15.7. The predicted octanol–water partition coefficient (Wildman–Crippen LogP) is 2.75. The van der Waals surface area contributed by atoms with Gasteiger partial charge in [-0.15, -0.1) is 0 Å². The molecular weight excluding hydrogens is 354 g/mol. The van der Waals surface area contributed by atoms with E-state index in [1.165, 1.54) is 0 Å². The molecule has 7 heteroatoms. The Hall–Kier alpha value is -3.66. The van der Waals surface area contributed by atoms with Crippen molar-refractivity contribution in [1.82, 2.24) is 9.97 Å². The fourth-order valence-electron chi connectivity index (χ4n) is 3.18. The number of likely N-dealkylation sites (N-methyl/N-ethyl adjacent to an activating group) is 1. The lowest BCUT2D eigenvalue weighted by Crippen LogP contribution is -2.48. The molecule has 140 valence electrons. The van der Waals surface area contributed by atoms with Crippen LogP contribution >= 0.6 is 0 Å². The first-order chi connectivity index (χ1) is 13.6. The van der Waals surface area contributed by atoms with Crippen LogP contribution in [0.5, 0.6) is 5.75 Å². The predicted molar refractivity (Wildman–Crippen MR) is 106 cm³/mol. The maximum Gasteiger partial charge on any atom is 0.269 e. The van der Waals surface area contributed by atoms with Gasteiger partial charge in [0.2, 0.25) is 0 Å². The Morgan fingerprint density at radius 3 is 2.36 bits per heavy atom. The maximum absolute atomic E-state index is 13.1. The number of aromatic nitrogens is 2. The zero-order valence-electron chi connectivity index (χ0n) is 15.7. The summed E-state index contributed by atoms with van der Waals surface area (Å²) in [6.45, 7) is 2.89. The summed E-state index contributed by atoms with van der Waals surface area (Å²) in [5.41, 5.74) is 2.08. The molecule has 4 rings (SSSR count). The van der Waals surface area contributed by atoms with Gasteiger partial charge in [-0.2, -0.15) is 5.26 Å². The topological polar surface area (TPSA) is 82.4 Å². The van der Waals surface area contributed by atoms with Gasteiger partial charge in [0, 0.05) is 20.1 Å². The van der Waals surface area contributed by atoms with Gasteiger partial charge in [0.25, 0.3) is 5.91 Å². The lowest BCUT2D eigenvalue weighted by Gasteiger charge is -2.34. The van der Waals surface area contributed by atoms with Crippen molar-refractivity contribution in [3.05, 3.63) is 54.1 Å². The van der Waals surface area contributed by atoms with Gasteiger partial charge in [-0.3, -0.25) is 9.69 Å². The number of ether oxygens (including phenoxy) is 1. The Bertz CT molecular complexity index is 1070. The van der Waals surface area contributed by atoms with Crippen molar-refractivity contribution in [3.63, 3.8) is 0 Å². The van der Waals surface area contributed by atoms with Crippen LogP contribution < -0.4 is 14.5 Å². The van der Waals surface area contributed by atoms with Gasteiger partial charge >= 0.3 is 0 Å². The van der Waals surface area contributed by atoms with E-state index in [2.05, 4.69) is 11.1 Å². The number of carbonyl (C=O) groups is 1. The van der Waals surface area contributed by atoms with Crippen LogP contribution in [0.15, 0.2) is 48.5 Å². The standard InChI is InChI=1S/C21H19N5O2/c1-14(28-16-9-7-15(13-22)8-10-16)21(27)26-12-11-25(2)19-20(26)24-18-6-4-3-5-17(18)23-19/h3-10,14H,11-12H2,1-2H3. The van der Waals surface area contributed by atoms with Crippen LogP contribution in [0.4, 0.5) is 11.6 Å². The Kier molecular flexibility index (Phi) is 4.53. The molecule has 1 amide bonds. The Labute approximate surface area is 162 Å². The molecule has 2 aromatic carbocycles. The average Bonchev–Trinajstić information content (AvgIpc) is 2.73. The highest BCUT2D eigenvalue weighted by atomic mass is 16.5. The number of rotatable bonds is 3. The SMILES string of the molecule is CC(Oc1ccc(C#N)cc1)C(=O)N1CCN(C)c2nc3ccccc3nc21. The van der Waals surface area contributed by atoms with Gasteiger partial charge < -0.3 is 9.64 Å². The lowest BCUT2D eigenvalue weighted by atomic mass is 10.2. The smallest absolute Gasteiger partial charge is 0.269 e. The van der Waals surface area contributed by atoms with E-state index < -0.39 is 6.10 Å². The second kappa shape index (κ2) is 7.16. The van der Waals surface area contributed by atoms with Crippen molar-refractivity contribution in [2.45, 2.75) is 13.0 Å². The van der Waals surface area contributed by atoms with Crippen LogP contribution in [0.1, 0.15) is 12.5 Å². The van der Waals surface area contributed by atoms with E-state index in [1.54, 1.807) is 36.1 Å². The van der Waals surface area contributed by atoms with Crippen molar-refractivity contribution >= 4 is 28.6 Å². The summed E-state index contributed by atoms with van der Waals surface area (Å²) < 4.78 is 5.80. The van der Waals surface area contributed by atoms with Crippen LogP contribution in [0.25, 0.3) is 11.0 Å². The maximum atomic E-state index is 13.1. The Morgan fingerprint density at radius 1 is 1.07 bits per heavy atom. The van der Waals surface area contributed by atoms with Crippen LogP contribution in [-0.4, -0.2) is 42.1 Å². The number of anilines is 2. The average molecular weight is 373 g/mol. The van der Waals surface area contributed by atoms with Gasteiger partial charge in [-0.05, 0) is 43.3 Å². The molecule has 0 aliphatic carbocycles. The van der Waals surface area contributed by atoms with Crippen molar-refractivity contribution < 1.29 is 9.53 Å². The minimum absolute atomic E-state index is 0.178. The van der Waals surface area contributed by atoms with Crippen molar-refractivity contribution in [2.75, 3.05) is 29.9 Å². The first kappa shape index (κ1) is 17.7.